The molecule has 0 unspecified atom stereocenters. The minimum Gasteiger partial charge on any atom is -0.382 e. The lowest BCUT2D eigenvalue weighted by Crippen LogP contribution is -2.12. The highest BCUT2D eigenvalue weighted by Crippen LogP contribution is 2.18. The van der Waals surface area contributed by atoms with E-state index in [0.717, 1.165) is 0 Å². The fraction of sp³-hybridized carbons (Fsp3) is 0. The first-order valence-corrected chi connectivity index (χ1v) is 7.28. The van der Waals surface area contributed by atoms with E-state index in [0.29, 0.717) is 28.1 Å². The fourth-order valence-corrected chi connectivity index (χ4v) is 2.27. The molecule has 0 fully saturated rings. The summed E-state index contributed by atoms with van der Waals surface area (Å²) in [6, 6.07) is 17.3. The smallest absolute Gasteiger partial charge is 0.255 e. The Hall–Kier alpha value is -4.10. The van der Waals surface area contributed by atoms with E-state index in [2.05, 4.69) is 10.4 Å². The summed E-state index contributed by atoms with van der Waals surface area (Å²) in [5.41, 5.74) is 8.23. The van der Waals surface area contributed by atoms with Gasteiger partial charge in [-0.3, -0.25) is 4.79 Å². The van der Waals surface area contributed by atoms with Crippen molar-refractivity contribution in [3.63, 3.8) is 0 Å². The SMILES string of the molecule is N#Cc1cccc(NC(=O)c2ccc(-n3ncc(C#N)c3N)cc2)c1. The molecule has 0 spiro atoms. The number of hydrogen-bond donors (Lipinski definition) is 2. The van der Waals surface area contributed by atoms with Gasteiger partial charge in [0, 0.05) is 11.3 Å². The monoisotopic (exact) mass is 328 g/mol. The third kappa shape index (κ3) is 3.16. The first kappa shape index (κ1) is 15.8. The molecule has 0 bridgehead atoms. The van der Waals surface area contributed by atoms with Crippen molar-refractivity contribution in [2.75, 3.05) is 11.1 Å². The Bertz CT molecular complexity index is 1020. The molecule has 25 heavy (non-hydrogen) atoms. The Morgan fingerprint density at radius 2 is 1.88 bits per heavy atom. The molecule has 0 atom stereocenters. The van der Waals surface area contributed by atoms with Crippen LogP contribution >= 0.6 is 0 Å². The van der Waals surface area contributed by atoms with E-state index < -0.39 is 0 Å². The van der Waals surface area contributed by atoms with Crippen molar-refractivity contribution in [2.24, 2.45) is 0 Å². The standard InChI is InChI=1S/C18H12N6O/c19-9-12-2-1-3-15(8-12)23-18(25)13-4-6-16(7-5-13)24-17(21)14(10-20)11-22-24/h1-8,11H,21H2,(H,23,25). The third-order valence-corrected chi connectivity index (χ3v) is 3.55. The molecule has 0 saturated carbocycles. The van der Waals surface area contributed by atoms with Crippen molar-refractivity contribution in [1.82, 2.24) is 9.78 Å². The average Bonchev–Trinajstić information content (AvgIpc) is 3.02. The van der Waals surface area contributed by atoms with E-state index in [4.69, 9.17) is 16.3 Å². The van der Waals surface area contributed by atoms with Gasteiger partial charge in [-0.2, -0.15) is 15.6 Å². The summed E-state index contributed by atoms with van der Waals surface area (Å²) >= 11 is 0. The first-order chi connectivity index (χ1) is 12.1. The number of hydrogen-bond acceptors (Lipinski definition) is 5. The Balaban J connectivity index is 1.80. The molecule has 1 aromatic heterocycles. The van der Waals surface area contributed by atoms with Crippen molar-refractivity contribution < 1.29 is 4.79 Å². The largest absolute Gasteiger partial charge is 0.382 e. The molecule has 7 heteroatoms. The molecule has 0 aliphatic carbocycles. The van der Waals surface area contributed by atoms with E-state index in [1.54, 1.807) is 48.5 Å². The summed E-state index contributed by atoms with van der Waals surface area (Å²) in [7, 11) is 0. The second-order valence-electron chi connectivity index (χ2n) is 5.16. The minimum absolute atomic E-state index is 0.244. The Morgan fingerprint density at radius 1 is 1.12 bits per heavy atom. The molecule has 1 amide bonds. The predicted octanol–water partition coefficient (Wildman–Crippen LogP) is 2.45. The van der Waals surface area contributed by atoms with Crippen LogP contribution in [0.4, 0.5) is 11.5 Å². The van der Waals surface area contributed by atoms with Gasteiger partial charge in [0.05, 0.1) is 23.5 Å². The number of anilines is 2. The number of nitrogens with two attached hydrogens (primary N) is 1. The van der Waals surface area contributed by atoms with Crippen LogP contribution in [-0.2, 0) is 0 Å². The van der Waals surface area contributed by atoms with Gasteiger partial charge < -0.3 is 11.1 Å². The summed E-state index contributed by atoms with van der Waals surface area (Å²) in [5, 5.41) is 24.6. The van der Waals surface area contributed by atoms with Gasteiger partial charge >= 0.3 is 0 Å². The van der Waals surface area contributed by atoms with Gasteiger partial charge in [0.25, 0.3) is 5.91 Å². The molecule has 0 aliphatic rings. The molecule has 3 aromatic rings. The van der Waals surface area contributed by atoms with Gasteiger partial charge in [-0.25, -0.2) is 4.68 Å². The van der Waals surface area contributed by atoms with Gasteiger partial charge in [-0.05, 0) is 42.5 Å². The zero-order valence-electron chi connectivity index (χ0n) is 13.0. The van der Waals surface area contributed by atoms with Gasteiger partial charge in [0.2, 0.25) is 0 Å². The second kappa shape index (κ2) is 6.57. The Labute approximate surface area is 143 Å². The van der Waals surface area contributed by atoms with Gasteiger partial charge in [-0.1, -0.05) is 6.07 Å². The van der Waals surface area contributed by atoms with Crippen molar-refractivity contribution in [3.05, 3.63) is 71.4 Å². The van der Waals surface area contributed by atoms with Gasteiger partial charge in [-0.15, -0.1) is 0 Å². The Kier molecular flexibility index (Phi) is 4.15. The maximum Gasteiger partial charge on any atom is 0.255 e. The number of benzene rings is 2. The highest BCUT2D eigenvalue weighted by atomic mass is 16.1. The molecule has 3 N–H and O–H groups in total. The molecule has 0 aliphatic heterocycles. The second-order valence-corrected chi connectivity index (χ2v) is 5.16. The van der Waals surface area contributed by atoms with E-state index in [1.165, 1.54) is 10.9 Å². The lowest BCUT2D eigenvalue weighted by Gasteiger charge is -2.07. The number of aromatic nitrogens is 2. The summed E-state index contributed by atoms with van der Waals surface area (Å²) in [6.45, 7) is 0. The maximum absolute atomic E-state index is 12.3. The van der Waals surface area contributed by atoms with Crippen LogP contribution in [0.15, 0.2) is 54.7 Å². The molecular weight excluding hydrogens is 316 g/mol. The average molecular weight is 328 g/mol. The number of nitrogens with one attached hydrogen (secondary N) is 1. The van der Waals surface area contributed by atoms with Crippen molar-refractivity contribution in [1.29, 1.82) is 10.5 Å². The first-order valence-electron chi connectivity index (χ1n) is 7.28. The van der Waals surface area contributed by atoms with E-state index in [9.17, 15) is 4.79 Å². The summed E-state index contributed by atoms with van der Waals surface area (Å²) < 4.78 is 1.43. The third-order valence-electron chi connectivity index (χ3n) is 3.55. The van der Waals surface area contributed by atoms with Gasteiger partial charge in [0.15, 0.2) is 0 Å². The van der Waals surface area contributed by atoms with Crippen LogP contribution in [0.25, 0.3) is 5.69 Å². The van der Waals surface area contributed by atoms with Crippen LogP contribution in [0.2, 0.25) is 0 Å². The van der Waals surface area contributed by atoms with Crippen LogP contribution in [-0.4, -0.2) is 15.7 Å². The number of rotatable bonds is 3. The molecule has 2 aromatic carbocycles. The lowest BCUT2D eigenvalue weighted by atomic mass is 10.1. The molecule has 120 valence electrons. The van der Waals surface area contributed by atoms with Crippen LogP contribution in [0.3, 0.4) is 0 Å². The fourth-order valence-electron chi connectivity index (χ4n) is 2.27. The normalized spacial score (nSPS) is 9.84. The quantitative estimate of drug-likeness (QED) is 0.765. The zero-order chi connectivity index (χ0) is 17.8. The number of carbonyl (C=O) groups is 1. The Morgan fingerprint density at radius 3 is 2.52 bits per heavy atom. The highest BCUT2D eigenvalue weighted by molar-refractivity contribution is 6.04. The molecule has 1 heterocycles. The number of nitrogen functional groups attached to an aromatic ring is 1. The number of nitrogens with zero attached hydrogens (tertiary/aromatic N) is 4. The molecule has 0 radical (unpaired) electrons. The lowest BCUT2D eigenvalue weighted by molar-refractivity contribution is 0.102. The van der Waals surface area contributed by atoms with Crippen LogP contribution < -0.4 is 11.1 Å². The van der Waals surface area contributed by atoms with Crippen molar-refractivity contribution in [2.45, 2.75) is 0 Å². The van der Waals surface area contributed by atoms with Crippen LogP contribution in [0.5, 0.6) is 0 Å². The summed E-state index contributed by atoms with van der Waals surface area (Å²) in [4.78, 5) is 12.3. The highest BCUT2D eigenvalue weighted by Gasteiger charge is 2.10. The molecular formula is C18H12N6O. The van der Waals surface area contributed by atoms with Crippen LogP contribution in [0.1, 0.15) is 21.5 Å². The molecule has 7 nitrogen and oxygen atoms in total. The predicted molar refractivity (Wildman–Crippen MR) is 91.8 cm³/mol. The van der Waals surface area contributed by atoms with Crippen molar-refractivity contribution in [3.8, 4) is 17.8 Å². The van der Waals surface area contributed by atoms with E-state index in [-0.39, 0.29) is 11.7 Å². The molecule has 0 saturated heterocycles. The summed E-state index contributed by atoms with van der Waals surface area (Å²) in [6.07, 6.45) is 1.39. The summed E-state index contributed by atoms with van der Waals surface area (Å²) in [5.74, 6) is -0.0548. The van der Waals surface area contributed by atoms with Gasteiger partial charge in [0.1, 0.15) is 17.5 Å². The van der Waals surface area contributed by atoms with E-state index in [1.807, 2.05) is 12.1 Å². The van der Waals surface area contributed by atoms with E-state index >= 15 is 0 Å². The molecule has 3 rings (SSSR count). The van der Waals surface area contributed by atoms with Crippen LogP contribution in [0, 0.1) is 22.7 Å². The minimum atomic E-state index is -0.298. The maximum atomic E-state index is 12.3. The van der Waals surface area contributed by atoms with Crippen molar-refractivity contribution >= 4 is 17.4 Å². The topological polar surface area (TPSA) is 121 Å². The number of carbonyl (C=O) groups excluding carboxylic acids is 1. The number of nitriles is 2. The number of amides is 1. The zero-order valence-corrected chi connectivity index (χ0v) is 13.0.